The third-order valence-electron chi connectivity index (χ3n) is 2.91. The van der Waals surface area contributed by atoms with E-state index in [4.69, 9.17) is 15.9 Å². The normalized spacial score (nSPS) is 15.1. The summed E-state index contributed by atoms with van der Waals surface area (Å²) in [5, 5.41) is 0. The van der Waals surface area contributed by atoms with Gasteiger partial charge < -0.3 is 15.9 Å². The van der Waals surface area contributed by atoms with Crippen LogP contribution in [0.5, 0.6) is 0 Å². The summed E-state index contributed by atoms with van der Waals surface area (Å²) in [4.78, 5) is 13.2. The fraction of sp³-hybridized carbons (Fsp3) is 0.615. The van der Waals surface area contributed by atoms with Gasteiger partial charge in [-0.05, 0) is 39.8 Å². The molecule has 1 aromatic heterocycles. The van der Waals surface area contributed by atoms with E-state index >= 15 is 0 Å². The molecule has 0 saturated carbocycles. The Hall–Kier alpha value is -1.33. The maximum Gasteiger partial charge on any atom is 0.231 e. The lowest BCUT2D eigenvalue weighted by molar-refractivity contribution is -0.120. The van der Waals surface area contributed by atoms with Crippen LogP contribution in [0.15, 0.2) is 16.5 Å². The highest BCUT2D eigenvalue weighted by molar-refractivity contribution is 5.76. The van der Waals surface area contributed by atoms with Crippen molar-refractivity contribution in [3.8, 4) is 0 Å². The average molecular weight is 253 g/mol. The molecule has 1 aromatic rings. The Bertz CT molecular complexity index is 399. The molecule has 0 fully saturated rings. The Morgan fingerprint density at radius 2 is 2.00 bits per heavy atom. The second kappa shape index (κ2) is 6.02. The van der Waals surface area contributed by atoms with Gasteiger partial charge in [-0.2, -0.15) is 0 Å². The Kier molecular flexibility index (Phi) is 4.93. The highest BCUT2D eigenvalue weighted by Crippen LogP contribution is 2.26. The predicted molar refractivity (Wildman–Crippen MR) is 70.9 cm³/mol. The molecular formula is C13H23N3O2. The smallest absolute Gasteiger partial charge is 0.231 e. The highest BCUT2D eigenvalue weighted by atomic mass is 16.3. The van der Waals surface area contributed by atoms with Gasteiger partial charge in [0.15, 0.2) is 0 Å². The molecule has 18 heavy (non-hydrogen) atoms. The molecule has 0 aliphatic rings. The number of furan rings is 1. The Labute approximate surface area is 108 Å². The summed E-state index contributed by atoms with van der Waals surface area (Å²) < 4.78 is 5.65. The summed E-state index contributed by atoms with van der Waals surface area (Å²) in [6.07, 6.45) is 0. The number of nitrogens with zero attached hydrogens (tertiary/aromatic N) is 1. The predicted octanol–water partition coefficient (Wildman–Crippen LogP) is 1.17. The zero-order chi connectivity index (χ0) is 13.9. The van der Waals surface area contributed by atoms with Crippen LogP contribution in [0.3, 0.4) is 0 Å². The summed E-state index contributed by atoms with van der Waals surface area (Å²) in [7, 11) is 0. The number of rotatable bonds is 6. The molecule has 0 spiro atoms. The molecule has 102 valence electrons. The molecule has 5 heteroatoms. The van der Waals surface area contributed by atoms with E-state index in [-0.39, 0.29) is 30.6 Å². The maximum atomic E-state index is 11.2. The van der Waals surface area contributed by atoms with Gasteiger partial charge in [0, 0.05) is 12.1 Å². The molecular weight excluding hydrogens is 230 g/mol. The SMILES string of the molecule is Cc1ccc(C(C(C)N)N(CC(N)=O)C(C)C)o1. The molecule has 0 saturated heterocycles. The van der Waals surface area contributed by atoms with Crippen molar-refractivity contribution in [2.24, 2.45) is 11.5 Å². The summed E-state index contributed by atoms with van der Waals surface area (Å²) in [5.74, 6) is 1.24. The summed E-state index contributed by atoms with van der Waals surface area (Å²) in [5.41, 5.74) is 11.3. The number of hydrogen-bond donors (Lipinski definition) is 2. The van der Waals surface area contributed by atoms with Crippen LogP contribution in [0, 0.1) is 6.92 Å². The van der Waals surface area contributed by atoms with Crippen molar-refractivity contribution in [1.29, 1.82) is 0 Å². The molecule has 0 radical (unpaired) electrons. The van der Waals surface area contributed by atoms with E-state index in [1.54, 1.807) is 0 Å². The van der Waals surface area contributed by atoms with Gasteiger partial charge in [-0.3, -0.25) is 9.69 Å². The van der Waals surface area contributed by atoms with E-state index in [0.29, 0.717) is 0 Å². The van der Waals surface area contributed by atoms with Crippen LogP contribution in [-0.2, 0) is 4.79 Å². The van der Waals surface area contributed by atoms with E-state index < -0.39 is 0 Å². The van der Waals surface area contributed by atoms with E-state index in [1.807, 2.05) is 44.7 Å². The van der Waals surface area contributed by atoms with E-state index in [2.05, 4.69) is 0 Å². The Morgan fingerprint density at radius 1 is 1.39 bits per heavy atom. The number of primary amides is 1. The van der Waals surface area contributed by atoms with Crippen LogP contribution in [0.1, 0.15) is 38.3 Å². The van der Waals surface area contributed by atoms with E-state index in [1.165, 1.54) is 0 Å². The van der Waals surface area contributed by atoms with Gasteiger partial charge in [0.2, 0.25) is 5.91 Å². The molecule has 0 aliphatic heterocycles. The lowest BCUT2D eigenvalue weighted by Gasteiger charge is -2.35. The standard InChI is InChI=1S/C13H23N3O2/c1-8(2)16(7-12(15)17)13(10(4)14)11-6-5-9(3)18-11/h5-6,8,10,13H,7,14H2,1-4H3,(H2,15,17). The number of amides is 1. The van der Waals surface area contributed by atoms with Gasteiger partial charge in [0.25, 0.3) is 0 Å². The van der Waals surface area contributed by atoms with Crippen molar-refractivity contribution in [3.63, 3.8) is 0 Å². The molecule has 2 unspecified atom stereocenters. The van der Waals surface area contributed by atoms with Gasteiger partial charge in [-0.25, -0.2) is 0 Å². The van der Waals surface area contributed by atoms with Crippen molar-refractivity contribution in [2.75, 3.05) is 6.54 Å². The molecule has 0 aliphatic carbocycles. The highest BCUT2D eigenvalue weighted by Gasteiger charge is 2.29. The van der Waals surface area contributed by atoms with Crippen LogP contribution in [-0.4, -0.2) is 29.4 Å². The molecule has 1 rings (SSSR count). The zero-order valence-electron chi connectivity index (χ0n) is 11.5. The monoisotopic (exact) mass is 253 g/mol. The van der Waals surface area contributed by atoms with Gasteiger partial charge in [0.05, 0.1) is 12.6 Å². The fourth-order valence-electron chi connectivity index (χ4n) is 2.12. The minimum Gasteiger partial charge on any atom is -0.465 e. The second-order valence-corrected chi connectivity index (χ2v) is 4.98. The van der Waals surface area contributed by atoms with E-state index in [0.717, 1.165) is 11.5 Å². The van der Waals surface area contributed by atoms with Crippen LogP contribution >= 0.6 is 0 Å². The summed E-state index contributed by atoms with van der Waals surface area (Å²) in [6.45, 7) is 7.97. The van der Waals surface area contributed by atoms with Gasteiger partial charge >= 0.3 is 0 Å². The molecule has 0 aromatic carbocycles. The van der Waals surface area contributed by atoms with Crippen molar-refractivity contribution >= 4 is 5.91 Å². The molecule has 4 N–H and O–H groups in total. The van der Waals surface area contributed by atoms with Crippen LogP contribution in [0.25, 0.3) is 0 Å². The number of hydrogen-bond acceptors (Lipinski definition) is 4. The minimum atomic E-state index is -0.363. The number of aryl methyl sites for hydroxylation is 1. The van der Waals surface area contributed by atoms with Gasteiger partial charge in [-0.1, -0.05) is 0 Å². The molecule has 5 nitrogen and oxygen atoms in total. The number of carbonyl (C=O) groups is 1. The first-order valence-corrected chi connectivity index (χ1v) is 6.19. The van der Waals surface area contributed by atoms with Crippen LogP contribution in [0.4, 0.5) is 0 Å². The molecule has 0 bridgehead atoms. The Morgan fingerprint density at radius 3 is 2.33 bits per heavy atom. The maximum absolute atomic E-state index is 11.2. The number of nitrogens with two attached hydrogens (primary N) is 2. The van der Waals surface area contributed by atoms with E-state index in [9.17, 15) is 4.79 Å². The summed E-state index contributed by atoms with van der Waals surface area (Å²) >= 11 is 0. The van der Waals surface area contributed by atoms with Crippen molar-refractivity contribution < 1.29 is 9.21 Å². The fourth-order valence-corrected chi connectivity index (χ4v) is 2.12. The second-order valence-electron chi connectivity index (χ2n) is 4.98. The quantitative estimate of drug-likeness (QED) is 0.797. The van der Waals surface area contributed by atoms with Gasteiger partial charge in [-0.15, -0.1) is 0 Å². The molecule has 2 atom stereocenters. The first-order chi connectivity index (χ1) is 8.32. The van der Waals surface area contributed by atoms with Crippen LogP contribution < -0.4 is 11.5 Å². The minimum absolute atomic E-state index is 0.147. The average Bonchev–Trinajstić information content (AvgIpc) is 2.62. The topological polar surface area (TPSA) is 85.5 Å². The third kappa shape index (κ3) is 3.58. The van der Waals surface area contributed by atoms with Crippen molar-refractivity contribution in [1.82, 2.24) is 4.90 Å². The first-order valence-electron chi connectivity index (χ1n) is 6.19. The largest absolute Gasteiger partial charge is 0.465 e. The van der Waals surface area contributed by atoms with Crippen LogP contribution in [0.2, 0.25) is 0 Å². The molecule has 1 amide bonds. The Balaban J connectivity index is 3.04. The van der Waals surface area contributed by atoms with Crippen molar-refractivity contribution in [3.05, 3.63) is 23.7 Å². The molecule has 1 heterocycles. The lowest BCUT2D eigenvalue weighted by Crippen LogP contribution is -2.46. The number of carbonyl (C=O) groups excluding carboxylic acids is 1. The lowest BCUT2D eigenvalue weighted by atomic mass is 10.0. The summed E-state index contributed by atoms with van der Waals surface area (Å²) in [6, 6.07) is 3.65. The first kappa shape index (κ1) is 14.7. The van der Waals surface area contributed by atoms with Crippen molar-refractivity contribution in [2.45, 2.75) is 45.8 Å². The third-order valence-corrected chi connectivity index (χ3v) is 2.91. The van der Waals surface area contributed by atoms with Gasteiger partial charge in [0.1, 0.15) is 11.5 Å². The zero-order valence-corrected chi connectivity index (χ0v) is 11.5.